The highest BCUT2D eigenvalue weighted by Crippen LogP contribution is 2.50. The third-order valence-electron chi connectivity index (χ3n) is 6.44. The number of nitrogens with two attached hydrogens (primary N) is 1. The zero-order chi connectivity index (χ0) is 20.3. The smallest absolute Gasteiger partial charge is 0.307 e. The molecule has 1 heterocycles. The summed E-state index contributed by atoms with van der Waals surface area (Å²) in [6, 6.07) is 8.03. The van der Waals surface area contributed by atoms with E-state index < -0.39 is 23.7 Å². The summed E-state index contributed by atoms with van der Waals surface area (Å²) in [5.41, 5.74) is 9.18. The van der Waals surface area contributed by atoms with Crippen molar-refractivity contribution in [2.45, 2.75) is 19.3 Å². The van der Waals surface area contributed by atoms with Gasteiger partial charge in [0.15, 0.2) is 0 Å². The molecule has 0 aliphatic heterocycles. The number of hydrogen-bond acceptors (Lipinski definition) is 4. The molecule has 1 saturated carbocycles. The van der Waals surface area contributed by atoms with E-state index in [-0.39, 0.29) is 17.7 Å². The van der Waals surface area contributed by atoms with E-state index in [2.05, 4.69) is 11.4 Å². The van der Waals surface area contributed by atoms with Crippen molar-refractivity contribution in [2.24, 2.45) is 29.4 Å². The number of carboxylic acid groups (broad SMARTS) is 1. The molecule has 1 aromatic heterocycles. The van der Waals surface area contributed by atoms with Crippen molar-refractivity contribution in [1.29, 1.82) is 0 Å². The van der Waals surface area contributed by atoms with Crippen molar-refractivity contribution in [1.82, 2.24) is 0 Å². The molecule has 2 amide bonds. The molecule has 2 aromatic rings. The van der Waals surface area contributed by atoms with Crippen LogP contribution in [0.4, 0.5) is 5.00 Å². The van der Waals surface area contributed by atoms with Gasteiger partial charge in [-0.2, -0.15) is 0 Å². The molecule has 0 unspecified atom stereocenters. The van der Waals surface area contributed by atoms with E-state index in [0.717, 1.165) is 22.4 Å². The summed E-state index contributed by atoms with van der Waals surface area (Å²) in [4.78, 5) is 38.0. The molecule has 0 radical (unpaired) electrons. The molecule has 4 atom stereocenters. The van der Waals surface area contributed by atoms with Crippen LogP contribution < -0.4 is 11.1 Å². The Balaban J connectivity index is 1.52. The lowest BCUT2D eigenvalue weighted by atomic mass is 9.82. The first kappa shape index (κ1) is 18.1. The minimum absolute atomic E-state index is 0.0755. The number of anilines is 1. The lowest BCUT2D eigenvalue weighted by Gasteiger charge is -2.23. The molecule has 0 spiro atoms. The lowest BCUT2D eigenvalue weighted by molar-refractivity contribution is -0.146. The van der Waals surface area contributed by atoms with Gasteiger partial charge in [-0.1, -0.05) is 36.4 Å². The van der Waals surface area contributed by atoms with Crippen LogP contribution in [0.2, 0.25) is 0 Å². The van der Waals surface area contributed by atoms with Gasteiger partial charge in [0.2, 0.25) is 5.91 Å². The number of aliphatic carboxylic acids is 1. The second-order valence-corrected chi connectivity index (χ2v) is 8.98. The maximum Gasteiger partial charge on any atom is 0.307 e. The first-order chi connectivity index (χ1) is 14.0. The van der Waals surface area contributed by atoms with Gasteiger partial charge in [0.1, 0.15) is 5.00 Å². The van der Waals surface area contributed by atoms with Crippen LogP contribution in [0.3, 0.4) is 0 Å². The third-order valence-corrected chi connectivity index (χ3v) is 7.62. The number of nitrogens with one attached hydrogen (secondary N) is 1. The average molecular weight is 408 g/mol. The van der Waals surface area contributed by atoms with Gasteiger partial charge in [0, 0.05) is 4.88 Å². The number of fused-ring (bicyclic) bond motifs is 5. The Morgan fingerprint density at radius 1 is 1.07 bits per heavy atom. The van der Waals surface area contributed by atoms with E-state index in [4.69, 9.17) is 5.73 Å². The monoisotopic (exact) mass is 408 g/mol. The van der Waals surface area contributed by atoms with Crippen LogP contribution in [0.5, 0.6) is 0 Å². The highest BCUT2D eigenvalue weighted by atomic mass is 32.1. The Bertz CT molecular complexity index is 1090. The fourth-order valence-corrected chi connectivity index (χ4v) is 6.52. The number of carbonyl (C=O) groups is 3. The molecule has 0 saturated heterocycles. The molecule has 3 aliphatic carbocycles. The van der Waals surface area contributed by atoms with Crippen molar-refractivity contribution < 1.29 is 19.5 Å². The van der Waals surface area contributed by atoms with Gasteiger partial charge in [-0.15, -0.1) is 11.3 Å². The molecule has 148 valence electrons. The van der Waals surface area contributed by atoms with Gasteiger partial charge >= 0.3 is 5.97 Å². The number of carbonyl (C=O) groups excluding carboxylic acids is 2. The highest BCUT2D eigenvalue weighted by Gasteiger charge is 2.51. The molecule has 7 heteroatoms. The predicted molar refractivity (Wildman–Crippen MR) is 110 cm³/mol. The van der Waals surface area contributed by atoms with E-state index in [1.165, 1.54) is 16.9 Å². The van der Waals surface area contributed by atoms with Gasteiger partial charge in [0.25, 0.3) is 5.91 Å². The summed E-state index contributed by atoms with van der Waals surface area (Å²) in [7, 11) is 0. The number of carboxylic acids is 1. The van der Waals surface area contributed by atoms with Crippen LogP contribution in [0.25, 0.3) is 10.4 Å². The summed E-state index contributed by atoms with van der Waals surface area (Å²) in [5.74, 6) is -3.40. The Kier molecular flexibility index (Phi) is 4.10. The Hall–Kier alpha value is -2.93. The first-order valence-corrected chi connectivity index (χ1v) is 10.5. The fourth-order valence-electron chi connectivity index (χ4n) is 5.20. The van der Waals surface area contributed by atoms with Crippen molar-refractivity contribution in [3.05, 3.63) is 53.1 Å². The van der Waals surface area contributed by atoms with E-state index in [1.807, 2.05) is 30.4 Å². The molecule has 5 rings (SSSR count). The van der Waals surface area contributed by atoms with Gasteiger partial charge in [0.05, 0.1) is 17.4 Å². The molecule has 3 aliphatic rings. The summed E-state index contributed by atoms with van der Waals surface area (Å²) < 4.78 is 0. The normalized spacial score (nSPS) is 26.1. The maximum absolute atomic E-state index is 13.1. The molecule has 2 bridgehead atoms. The number of rotatable bonds is 4. The van der Waals surface area contributed by atoms with Crippen LogP contribution in [0.15, 0.2) is 36.4 Å². The van der Waals surface area contributed by atoms with Crippen molar-refractivity contribution in [3.63, 3.8) is 0 Å². The number of thiophene rings is 1. The number of benzene rings is 1. The minimum Gasteiger partial charge on any atom is -0.481 e. The second kappa shape index (κ2) is 6.56. The van der Waals surface area contributed by atoms with Crippen LogP contribution in [0, 0.1) is 23.7 Å². The van der Waals surface area contributed by atoms with Crippen molar-refractivity contribution in [3.8, 4) is 10.4 Å². The molecule has 29 heavy (non-hydrogen) atoms. The summed E-state index contributed by atoms with van der Waals surface area (Å²) >= 11 is 1.35. The minimum atomic E-state index is -0.948. The summed E-state index contributed by atoms with van der Waals surface area (Å²) in [6.45, 7) is 0. The summed E-state index contributed by atoms with van der Waals surface area (Å²) in [5, 5.41) is 12.9. The topological polar surface area (TPSA) is 109 Å². The number of amides is 2. The standard InChI is InChI=1S/C22H20N2O4S/c23-19(25)17-14-8-7-10-3-1-2-4-13(10)18(14)29-21(17)24-20(26)15-11-5-6-12(9-11)16(15)22(27)28/h1-6,11-12,15-16H,7-9H2,(H2,23,25)(H,24,26)(H,27,28)/t11-,12+,15-,16+/m1/s1. The Morgan fingerprint density at radius 3 is 2.52 bits per heavy atom. The van der Waals surface area contributed by atoms with Crippen molar-refractivity contribution in [2.75, 3.05) is 5.32 Å². The van der Waals surface area contributed by atoms with E-state index in [0.29, 0.717) is 23.4 Å². The van der Waals surface area contributed by atoms with E-state index in [1.54, 1.807) is 0 Å². The number of allylic oxidation sites excluding steroid dienone is 2. The first-order valence-electron chi connectivity index (χ1n) is 9.71. The van der Waals surface area contributed by atoms with Gasteiger partial charge in [-0.05, 0) is 47.8 Å². The van der Waals surface area contributed by atoms with Gasteiger partial charge < -0.3 is 16.2 Å². The third kappa shape index (κ3) is 2.72. The zero-order valence-corrected chi connectivity index (χ0v) is 16.4. The zero-order valence-electron chi connectivity index (χ0n) is 15.6. The largest absolute Gasteiger partial charge is 0.481 e. The van der Waals surface area contributed by atoms with Crippen LogP contribution >= 0.6 is 11.3 Å². The fraction of sp³-hybridized carbons (Fsp3) is 0.318. The molecule has 6 nitrogen and oxygen atoms in total. The van der Waals surface area contributed by atoms with Crippen LogP contribution in [-0.2, 0) is 22.4 Å². The second-order valence-electron chi connectivity index (χ2n) is 7.96. The molecule has 1 fully saturated rings. The molecule has 1 aromatic carbocycles. The van der Waals surface area contributed by atoms with Gasteiger partial charge in [-0.25, -0.2) is 0 Å². The van der Waals surface area contributed by atoms with E-state index >= 15 is 0 Å². The average Bonchev–Trinajstić information content (AvgIpc) is 3.39. The molecular weight excluding hydrogens is 388 g/mol. The Labute approximate surface area is 171 Å². The number of hydrogen-bond donors (Lipinski definition) is 3. The van der Waals surface area contributed by atoms with Crippen molar-refractivity contribution >= 4 is 34.1 Å². The number of primary amides is 1. The predicted octanol–water partition coefficient (Wildman–Crippen LogP) is 3.07. The number of aryl methyl sites for hydroxylation is 1. The quantitative estimate of drug-likeness (QED) is 0.675. The highest BCUT2D eigenvalue weighted by molar-refractivity contribution is 7.20. The van der Waals surface area contributed by atoms with Crippen LogP contribution in [-0.4, -0.2) is 22.9 Å². The molecular formula is C22H20N2O4S. The van der Waals surface area contributed by atoms with E-state index in [9.17, 15) is 19.5 Å². The Morgan fingerprint density at radius 2 is 1.79 bits per heavy atom. The SMILES string of the molecule is NC(=O)c1c(NC(=O)[C@H]2[C@@H](C(=O)O)[C@H]3C=C[C@@H]2C3)sc2c1CCc1ccccc1-2. The molecule has 4 N–H and O–H groups in total. The van der Waals surface area contributed by atoms with Gasteiger partial charge in [-0.3, -0.25) is 14.4 Å². The summed E-state index contributed by atoms with van der Waals surface area (Å²) in [6.07, 6.45) is 6.03. The van der Waals surface area contributed by atoms with Crippen LogP contribution in [0.1, 0.15) is 27.9 Å². The maximum atomic E-state index is 13.1. The lowest BCUT2D eigenvalue weighted by Crippen LogP contribution is -2.36.